The topological polar surface area (TPSA) is 238 Å². The second-order valence-corrected chi connectivity index (χ2v) is 14.8. The Morgan fingerprint density at radius 3 is 2.06 bits per heavy atom. The molecule has 4 atom stereocenters. The molecule has 0 fully saturated rings. The van der Waals surface area contributed by atoms with Crippen molar-refractivity contribution in [1.82, 2.24) is 10.3 Å². The first-order valence-corrected chi connectivity index (χ1v) is 16.9. The molecule has 1 aromatic heterocycles. The van der Waals surface area contributed by atoms with Crippen molar-refractivity contribution in [3.8, 4) is 0 Å². The number of hydrogen-bond donors (Lipinski definition) is 6. The van der Waals surface area contributed by atoms with E-state index in [1.54, 1.807) is 57.3 Å². The summed E-state index contributed by atoms with van der Waals surface area (Å²) in [4.78, 5) is 86.2. The van der Waals surface area contributed by atoms with Crippen molar-refractivity contribution in [1.29, 1.82) is 0 Å². The van der Waals surface area contributed by atoms with Crippen LogP contribution in [0.4, 0.5) is 4.79 Å². The molecule has 1 unspecified atom stereocenters. The number of aromatic amines is 1. The summed E-state index contributed by atoms with van der Waals surface area (Å²) in [5.74, 6) is -5.92. The first-order chi connectivity index (χ1) is 24.3. The number of benzene rings is 3. The van der Waals surface area contributed by atoms with Crippen molar-refractivity contribution in [3.63, 3.8) is 0 Å². The molecule has 0 aliphatic carbocycles. The minimum absolute atomic E-state index is 0.139. The molecular weight excluding hydrogens is 666 g/mol. The van der Waals surface area contributed by atoms with Crippen molar-refractivity contribution >= 4 is 57.0 Å². The number of primary amides is 1. The predicted octanol–water partition coefficient (Wildman–Crippen LogP) is 3.72. The zero-order chi connectivity index (χ0) is 38.6. The maximum absolute atomic E-state index is 15.4. The number of aliphatic carboxylic acids is 1. The largest absolute Gasteiger partial charge is 0.481 e. The van der Waals surface area contributed by atoms with Gasteiger partial charge in [0.25, 0.3) is 0 Å². The Labute approximate surface area is 301 Å². The summed E-state index contributed by atoms with van der Waals surface area (Å²) in [5.41, 5.74) is 14.6. The van der Waals surface area contributed by atoms with Crippen LogP contribution in [0.2, 0.25) is 0 Å². The molecule has 9 N–H and O–H groups in total. The number of ether oxygens (including phenoxy) is 1. The number of nitrogens with two attached hydrogens (primary N) is 3. The summed E-state index contributed by atoms with van der Waals surface area (Å²) >= 11 is 0. The minimum atomic E-state index is -2.88. The van der Waals surface area contributed by atoms with E-state index in [1.165, 1.54) is 13.8 Å². The average Bonchev–Trinajstić information content (AvgIpc) is 3.45. The zero-order valence-electron chi connectivity index (χ0n) is 30.0. The molecule has 52 heavy (non-hydrogen) atoms. The van der Waals surface area contributed by atoms with Crippen LogP contribution in [-0.4, -0.2) is 69.1 Å². The number of nitrogens with one attached hydrogen (secondary N) is 2. The zero-order valence-corrected chi connectivity index (χ0v) is 30.0. The Bertz CT molecular complexity index is 2010. The van der Waals surface area contributed by atoms with Crippen LogP contribution in [0.3, 0.4) is 0 Å². The van der Waals surface area contributed by atoms with Gasteiger partial charge in [-0.15, -0.1) is 0 Å². The molecule has 0 saturated carbocycles. The van der Waals surface area contributed by atoms with Gasteiger partial charge in [-0.3, -0.25) is 24.0 Å². The average molecular weight is 714 g/mol. The molecule has 0 aliphatic rings. The standard InChI is InChI=1S/C39H47N5O8/c1-37(2,3)52-36(51)44-30(18-25-21-43-29-13-9-8-12-26(25)29)35(50)39(38(4,5)20-31(42)45,34(49)28(41)19-32(46)47)33(48)27(40)17-22-14-15-23-10-6-7-11-24(23)16-22/h6-16,21,27-28,30,43H,17-20,40-41H2,1-5H3,(H2,42,45)(H,44,51)(H,46,47)/t27-,28-,30-,39?/m1/s1. The van der Waals surface area contributed by atoms with Crippen molar-refractivity contribution < 1.29 is 38.6 Å². The molecular formula is C39H47N5O8. The summed E-state index contributed by atoms with van der Waals surface area (Å²) in [5, 5.41) is 14.7. The molecule has 4 rings (SSSR count). The number of carboxylic acid groups (broad SMARTS) is 1. The number of amides is 2. The molecule has 0 radical (unpaired) electrons. The Hall–Kier alpha value is -5.40. The van der Waals surface area contributed by atoms with E-state index in [0.29, 0.717) is 22.0 Å². The maximum Gasteiger partial charge on any atom is 0.408 e. The normalized spacial score (nSPS) is 14.9. The van der Waals surface area contributed by atoms with Crippen LogP contribution in [0.25, 0.3) is 21.7 Å². The van der Waals surface area contributed by atoms with Gasteiger partial charge in [-0.2, -0.15) is 0 Å². The third-order valence-corrected chi connectivity index (χ3v) is 9.18. The van der Waals surface area contributed by atoms with Gasteiger partial charge in [-0.1, -0.05) is 74.5 Å². The van der Waals surface area contributed by atoms with Gasteiger partial charge in [0.1, 0.15) is 5.60 Å². The smallest absolute Gasteiger partial charge is 0.408 e. The lowest BCUT2D eigenvalue weighted by Crippen LogP contribution is -2.68. The molecule has 0 aliphatic heterocycles. The summed E-state index contributed by atoms with van der Waals surface area (Å²) in [6.45, 7) is 7.52. The number of H-pyrrole nitrogens is 1. The highest BCUT2D eigenvalue weighted by atomic mass is 16.6. The van der Waals surface area contributed by atoms with Crippen molar-refractivity contribution in [2.75, 3.05) is 0 Å². The third kappa shape index (κ3) is 8.55. The van der Waals surface area contributed by atoms with Crippen LogP contribution in [0, 0.1) is 10.8 Å². The number of carbonyl (C=O) groups is 6. The highest BCUT2D eigenvalue weighted by Gasteiger charge is 2.65. The quantitative estimate of drug-likeness (QED) is 0.0920. The highest BCUT2D eigenvalue weighted by molar-refractivity contribution is 6.29. The van der Waals surface area contributed by atoms with E-state index in [4.69, 9.17) is 21.9 Å². The number of alkyl carbamates (subject to hydrolysis) is 1. The molecule has 13 heteroatoms. The minimum Gasteiger partial charge on any atom is -0.481 e. The SMILES string of the molecule is CC(C)(C)OC(=O)N[C@H](Cc1c[nH]c2ccccc12)C(=O)C(C(=O)[C@H](N)CC(=O)O)(C(=O)[C@H](N)Cc1ccc2ccccc2c1)C(C)(C)CC(N)=O. The number of rotatable bonds is 16. The van der Waals surface area contributed by atoms with Gasteiger partial charge in [-0.05, 0) is 55.2 Å². The fraction of sp³-hybridized carbons (Fsp3) is 0.385. The Morgan fingerprint density at radius 1 is 0.808 bits per heavy atom. The van der Waals surface area contributed by atoms with Crippen molar-refractivity contribution in [3.05, 3.63) is 84.1 Å². The number of para-hydroxylation sites is 1. The summed E-state index contributed by atoms with van der Waals surface area (Å²) in [7, 11) is 0. The summed E-state index contributed by atoms with van der Waals surface area (Å²) < 4.78 is 5.49. The summed E-state index contributed by atoms with van der Waals surface area (Å²) in [6, 6.07) is 15.1. The van der Waals surface area contributed by atoms with E-state index in [9.17, 15) is 24.3 Å². The molecule has 0 spiro atoms. The number of fused-ring (bicyclic) bond motifs is 2. The maximum atomic E-state index is 15.4. The first-order valence-electron chi connectivity index (χ1n) is 16.9. The van der Waals surface area contributed by atoms with Crippen molar-refractivity contribution in [2.24, 2.45) is 28.0 Å². The number of Topliss-reactive ketones (excluding diaryl/α,β-unsaturated/α-hetero) is 3. The highest BCUT2D eigenvalue weighted by Crippen LogP contribution is 2.47. The van der Waals surface area contributed by atoms with Crippen LogP contribution >= 0.6 is 0 Å². The Balaban J connectivity index is 1.94. The Morgan fingerprint density at radius 2 is 1.42 bits per heavy atom. The van der Waals surface area contributed by atoms with E-state index in [0.717, 1.165) is 10.8 Å². The van der Waals surface area contributed by atoms with Crippen LogP contribution in [0.1, 0.15) is 58.6 Å². The monoisotopic (exact) mass is 713 g/mol. The second kappa shape index (κ2) is 15.5. The number of aromatic nitrogens is 1. The second-order valence-electron chi connectivity index (χ2n) is 14.8. The van der Waals surface area contributed by atoms with E-state index >= 15 is 9.59 Å². The van der Waals surface area contributed by atoms with Crippen LogP contribution < -0.4 is 22.5 Å². The van der Waals surface area contributed by atoms with Gasteiger partial charge in [0, 0.05) is 35.4 Å². The van der Waals surface area contributed by atoms with Crippen LogP contribution in [0.5, 0.6) is 0 Å². The third-order valence-electron chi connectivity index (χ3n) is 9.18. The Kier molecular flexibility index (Phi) is 11.7. The number of ketones is 3. The van der Waals surface area contributed by atoms with Gasteiger partial charge in [0.05, 0.1) is 24.5 Å². The molecule has 2 amide bonds. The first kappa shape index (κ1) is 39.4. The van der Waals surface area contributed by atoms with E-state index in [2.05, 4.69) is 10.3 Å². The molecule has 4 aromatic rings. The van der Waals surface area contributed by atoms with Crippen molar-refractivity contribution in [2.45, 2.75) is 84.0 Å². The van der Waals surface area contributed by atoms with E-state index in [1.807, 2.05) is 36.4 Å². The molecule has 0 bridgehead atoms. The molecule has 3 aromatic carbocycles. The van der Waals surface area contributed by atoms with E-state index < -0.39 is 82.7 Å². The fourth-order valence-corrected chi connectivity index (χ4v) is 6.92. The molecule has 13 nitrogen and oxygen atoms in total. The van der Waals surface area contributed by atoms with Gasteiger partial charge in [0.15, 0.2) is 22.8 Å². The molecule has 276 valence electrons. The van der Waals surface area contributed by atoms with E-state index in [-0.39, 0.29) is 12.8 Å². The lowest BCUT2D eigenvalue weighted by atomic mass is 9.53. The number of hydrogen-bond acceptors (Lipinski definition) is 9. The van der Waals surface area contributed by atoms with Crippen LogP contribution in [-0.2, 0) is 41.6 Å². The molecule has 0 saturated heterocycles. The molecule has 1 heterocycles. The lowest BCUT2D eigenvalue weighted by Gasteiger charge is -2.46. The predicted molar refractivity (Wildman–Crippen MR) is 196 cm³/mol. The number of carboxylic acids is 1. The van der Waals surface area contributed by atoms with Gasteiger partial charge >= 0.3 is 12.1 Å². The van der Waals surface area contributed by atoms with Crippen LogP contribution in [0.15, 0.2) is 72.9 Å². The van der Waals surface area contributed by atoms with Gasteiger partial charge < -0.3 is 37.3 Å². The number of carbonyl (C=O) groups excluding carboxylic acids is 5. The fourth-order valence-electron chi connectivity index (χ4n) is 6.92. The summed E-state index contributed by atoms with van der Waals surface area (Å²) in [6.07, 6.45) is -1.40. The van der Waals surface area contributed by atoms with Gasteiger partial charge in [-0.25, -0.2) is 4.79 Å². The lowest BCUT2D eigenvalue weighted by molar-refractivity contribution is -0.162. The van der Waals surface area contributed by atoms with Gasteiger partial charge in [0.2, 0.25) is 5.91 Å².